The number of hydrogen-bond donors (Lipinski definition) is 1. The average molecular weight is 226 g/mol. The summed E-state index contributed by atoms with van der Waals surface area (Å²) in [5, 5.41) is 3.59. The molecule has 92 valence electrons. The van der Waals surface area contributed by atoms with Crippen molar-refractivity contribution in [3.05, 3.63) is 0 Å². The molecule has 2 fully saturated rings. The Hall–Kier alpha value is -0.610. The van der Waals surface area contributed by atoms with E-state index in [-0.39, 0.29) is 5.97 Å². The third kappa shape index (κ3) is 2.95. The van der Waals surface area contributed by atoms with Crippen LogP contribution >= 0.6 is 0 Å². The highest BCUT2D eigenvalue weighted by molar-refractivity contribution is 5.69. The third-order valence-electron chi connectivity index (χ3n) is 3.83. The van der Waals surface area contributed by atoms with Crippen molar-refractivity contribution in [2.45, 2.75) is 31.7 Å². The number of carbonyl (C=O) groups is 1. The van der Waals surface area contributed by atoms with Crippen LogP contribution in [-0.4, -0.2) is 50.2 Å². The molecule has 0 saturated carbocycles. The minimum atomic E-state index is -0.0996. The van der Waals surface area contributed by atoms with Gasteiger partial charge in [0.05, 0.1) is 7.11 Å². The number of nitrogens with one attached hydrogen (secondary N) is 1. The standard InChI is InChI=1S/C12H22N2O2/c1-16-12(15)3-2-6-13-11-5-8-14-7-4-10(11)9-14/h10-11,13H,2-9H2,1H3. The number of hydrogen-bond acceptors (Lipinski definition) is 4. The van der Waals surface area contributed by atoms with Crippen LogP contribution in [0.15, 0.2) is 0 Å². The van der Waals surface area contributed by atoms with Gasteiger partial charge in [0.1, 0.15) is 0 Å². The van der Waals surface area contributed by atoms with Gasteiger partial charge in [0, 0.05) is 19.0 Å². The molecule has 4 heteroatoms. The molecule has 1 N–H and O–H groups in total. The van der Waals surface area contributed by atoms with Gasteiger partial charge in [0.15, 0.2) is 0 Å². The first-order valence-corrected chi connectivity index (χ1v) is 6.32. The number of esters is 1. The van der Waals surface area contributed by atoms with Gasteiger partial charge < -0.3 is 15.0 Å². The van der Waals surface area contributed by atoms with Crippen molar-refractivity contribution in [3.63, 3.8) is 0 Å². The lowest BCUT2D eigenvalue weighted by Gasteiger charge is -2.31. The zero-order valence-electron chi connectivity index (χ0n) is 10.1. The Bertz CT molecular complexity index is 245. The van der Waals surface area contributed by atoms with Gasteiger partial charge in [-0.2, -0.15) is 0 Å². The van der Waals surface area contributed by atoms with Crippen molar-refractivity contribution >= 4 is 5.97 Å². The van der Waals surface area contributed by atoms with Crippen LogP contribution in [0, 0.1) is 5.92 Å². The Morgan fingerprint density at radius 3 is 3.06 bits per heavy atom. The first kappa shape index (κ1) is 11.9. The normalized spacial score (nSPS) is 32.7. The molecule has 2 saturated heterocycles. The summed E-state index contributed by atoms with van der Waals surface area (Å²) >= 11 is 0. The molecule has 0 aromatic rings. The third-order valence-corrected chi connectivity index (χ3v) is 3.83. The Kier molecular flexibility index (Phi) is 4.18. The molecule has 16 heavy (non-hydrogen) atoms. The average Bonchev–Trinajstić information content (AvgIpc) is 2.69. The van der Waals surface area contributed by atoms with Crippen LogP contribution in [0.3, 0.4) is 0 Å². The number of ether oxygens (including phenoxy) is 1. The highest BCUT2D eigenvalue weighted by atomic mass is 16.5. The highest BCUT2D eigenvalue weighted by Crippen LogP contribution is 2.26. The largest absolute Gasteiger partial charge is 0.469 e. The van der Waals surface area contributed by atoms with E-state index in [0.29, 0.717) is 12.5 Å². The van der Waals surface area contributed by atoms with Crippen molar-refractivity contribution in [1.82, 2.24) is 10.2 Å². The lowest BCUT2D eigenvalue weighted by molar-refractivity contribution is -0.140. The van der Waals surface area contributed by atoms with Crippen LogP contribution in [-0.2, 0) is 9.53 Å². The molecular formula is C12H22N2O2. The second-order valence-corrected chi connectivity index (χ2v) is 4.88. The second-order valence-electron chi connectivity index (χ2n) is 4.88. The smallest absolute Gasteiger partial charge is 0.305 e. The Labute approximate surface area is 97.3 Å². The van der Waals surface area contributed by atoms with E-state index in [1.807, 2.05) is 0 Å². The summed E-state index contributed by atoms with van der Waals surface area (Å²) in [6, 6.07) is 0.677. The van der Waals surface area contributed by atoms with Gasteiger partial charge in [-0.15, -0.1) is 0 Å². The number of methoxy groups -OCH3 is 1. The fraction of sp³-hybridized carbons (Fsp3) is 0.917. The number of piperidine rings is 1. The molecule has 0 radical (unpaired) electrons. The summed E-state index contributed by atoms with van der Waals surface area (Å²) in [6.45, 7) is 4.74. The van der Waals surface area contributed by atoms with Crippen molar-refractivity contribution in [2.75, 3.05) is 33.3 Å². The van der Waals surface area contributed by atoms with Crippen LogP contribution in [0.4, 0.5) is 0 Å². The fourth-order valence-electron chi connectivity index (χ4n) is 2.84. The zero-order chi connectivity index (χ0) is 11.4. The Morgan fingerprint density at radius 1 is 1.44 bits per heavy atom. The summed E-state index contributed by atoms with van der Waals surface area (Å²) in [6.07, 6.45) is 4.03. The van der Waals surface area contributed by atoms with E-state index in [4.69, 9.17) is 0 Å². The first-order valence-electron chi connectivity index (χ1n) is 6.32. The molecule has 2 heterocycles. The van der Waals surface area contributed by atoms with E-state index in [1.165, 1.54) is 39.6 Å². The van der Waals surface area contributed by atoms with Gasteiger partial charge in [-0.05, 0) is 44.8 Å². The van der Waals surface area contributed by atoms with Gasteiger partial charge >= 0.3 is 5.97 Å². The van der Waals surface area contributed by atoms with Gasteiger partial charge in [-0.3, -0.25) is 4.79 Å². The van der Waals surface area contributed by atoms with E-state index in [2.05, 4.69) is 15.0 Å². The number of nitrogens with zero attached hydrogens (tertiary/aromatic N) is 1. The summed E-state index contributed by atoms with van der Waals surface area (Å²) in [5.74, 6) is 0.740. The minimum Gasteiger partial charge on any atom is -0.469 e. The van der Waals surface area contributed by atoms with Crippen LogP contribution in [0.25, 0.3) is 0 Å². The van der Waals surface area contributed by atoms with E-state index in [0.717, 1.165) is 18.9 Å². The predicted molar refractivity (Wildman–Crippen MR) is 62.2 cm³/mol. The Balaban J connectivity index is 1.61. The van der Waals surface area contributed by atoms with Gasteiger partial charge in [0.25, 0.3) is 0 Å². The number of fused-ring (bicyclic) bond motifs is 2. The maximum Gasteiger partial charge on any atom is 0.305 e. The second kappa shape index (κ2) is 5.64. The highest BCUT2D eigenvalue weighted by Gasteiger charge is 2.33. The fourth-order valence-corrected chi connectivity index (χ4v) is 2.84. The van der Waals surface area contributed by atoms with E-state index < -0.39 is 0 Å². The summed E-state index contributed by atoms with van der Waals surface area (Å²) in [7, 11) is 1.45. The van der Waals surface area contributed by atoms with Crippen molar-refractivity contribution < 1.29 is 9.53 Å². The maximum absolute atomic E-state index is 10.9. The van der Waals surface area contributed by atoms with Crippen LogP contribution in [0.1, 0.15) is 25.7 Å². The van der Waals surface area contributed by atoms with Crippen LogP contribution in [0.2, 0.25) is 0 Å². The number of rotatable bonds is 5. The van der Waals surface area contributed by atoms with Gasteiger partial charge in [-0.1, -0.05) is 0 Å². The molecule has 3 unspecified atom stereocenters. The molecule has 0 aromatic carbocycles. The zero-order valence-corrected chi connectivity index (χ0v) is 10.1. The molecule has 0 spiro atoms. The first-order chi connectivity index (χ1) is 7.79. The SMILES string of the molecule is COC(=O)CCCNC1CCN2CCC1C2. The van der Waals surface area contributed by atoms with Gasteiger partial charge in [0.2, 0.25) is 0 Å². The molecule has 0 aliphatic carbocycles. The molecule has 2 aliphatic heterocycles. The summed E-state index contributed by atoms with van der Waals surface area (Å²) < 4.78 is 4.62. The monoisotopic (exact) mass is 226 g/mol. The van der Waals surface area contributed by atoms with Crippen molar-refractivity contribution in [2.24, 2.45) is 5.92 Å². The van der Waals surface area contributed by atoms with Gasteiger partial charge in [-0.25, -0.2) is 0 Å². The minimum absolute atomic E-state index is 0.0996. The molecule has 2 bridgehead atoms. The molecule has 0 amide bonds. The molecule has 3 atom stereocenters. The molecule has 2 rings (SSSR count). The van der Waals surface area contributed by atoms with Crippen molar-refractivity contribution in [3.8, 4) is 0 Å². The van der Waals surface area contributed by atoms with E-state index in [9.17, 15) is 4.79 Å². The molecule has 4 nitrogen and oxygen atoms in total. The molecular weight excluding hydrogens is 204 g/mol. The lowest BCUT2D eigenvalue weighted by Crippen LogP contribution is -2.44. The summed E-state index contributed by atoms with van der Waals surface area (Å²) in [4.78, 5) is 13.5. The Morgan fingerprint density at radius 2 is 2.25 bits per heavy atom. The molecule has 2 aliphatic rings. The maximum atomic E-state index is 10.9. The number of carbonyl (C=O) groups excluding carboxylic acids is 1. The molecule has 0 aromatic heterocycles. The van der Waals surface area contributed by atoms with Crippen LogP contribution < -0.4 is 5.32 Å². The lowest BCUT2D eigenvalue weighted by atomic mass is 9.94. The van der Waals surface area contributed by atoms with Crippen LogP contribution in [0.5, 0.6) is 0 Å². The van der Waals surface area contributed by atoms with E-state index >= 15 is 0 Å². The topological polar surface area (TPSA) is 41.6 Å². The van der Waals surface area contributed by atoms with E-state index in [1.54, 1.807) is 0 Å². The van der Waals surface area contributed by atoms with Crippen molar-refractivity contribution in [1.29, 1.82) is 0 Å². The summed E-state index contributed by atoms with van der Waals surface area (Å²) in [5.41, 5.74) is 0. The predicted octanol–water partition coefficient (Wildman–Crippen LogP) is 0.623. The quantitative estimate of drug-likeness (QED) is 0.551.